The van der Waals surface area contributed by atoms with E-state index in [1.54, 1.807) is 19.1 Å². The number of halogens is 1. The number of benzene rings is 2. The van der Waals surface area contributed by atoms with Gasteiger partial charge >= 0.3 is 0 Å². The Bertz CT molecular complexity index is 896. The lowest BCUT2D eigenvalue weighted by Gasteiger charge is -2.11. The van der Waals surface area contributed by atoms with E-state index in [0.29, 0.717) is 27.6 Å². The largest absolute Gasteiger partial charge is 0.495 e. The van der Waals surface area contributed by atoms with Crippen LogP contribution in [0.5, 0.6) is 5.75 Å². The Morgan fingerprint density at radius 1 is 1.24 bits per heavy atom. The first-order valence-corrected chi connectivity index (χ1v) is 9.40. The van der Waals surface area contributed by atoms with E-state index in [4.69, 9.17) is 21.4 Å². The third-order valence-electron chi connectivity index (χ3n) is 3.58. The standard InChI is InChI=1S/C17H18ClNO5S/c1-11-9-13(25(22,23)8-7-20)4-6-15(11)19-17(21)12-3-5-14(18)16(10-12)24-2/h3-6,9-10,20H,7-8H2,1-2H3,(H,19,21). The Morgan fingerprint density at radius 3 is 2.56 bits per heavy atom. The Balaban J connectivity index is 2.24. The summed E-state index contributed by atoms with van der Waals surface area (Å²) in [4.78, 5) is 12.5. The third-order valence-corrected chi connectivity index (χ3v) is 5.58. The fourth-order valence-corrected chi connectivity index (χ4v) is 3.51. The molecule has 0 saturated heterocycles. The van der Waals surface area contributed by atoms with Crippen LogP contribution >= 0.6 is 11.6 Å². The van der Waals surface area contributed by atoms with E-state index in [-0.39, 0.29) is 16.6 Å². The molecule has 0 aliphatic carbocycles. The zero-order valence-electron chi connectivity index (χ0n) is 13.7. The van der Waals surface area contributed by atoms with E-state index in [1.165, 1.54) is 31.4 Å². The monoisotopic (exact) mass is 383 g/mol. The molecule has 2 N–H and O–H groups in total. The third kappa shape index (κ3) is 4.50. The van der Waals surface area contributed by atoms with Gasteiger partial charge in [0.05, 0.1) is 29.4 Å². The van der Waals surface area contributed by atoms with Crippen LogP contribution in [0.25, 0.3) is 0 Å². The number of rotatable bonds is 6. The number of ether oxygens (including phenoxy) is 1. The second kappa shape index (κ2) is 7.86. The van der Waals surface area contributed by atoms with Gasteiger partial charge in [-0.25, -0.2) is 8.42 Å². The summed E-state index contributed by atoms with van der Waals surface area (Å²) in [5.41, 5.74) is 1.44. The number of methoxy groups -OCH3 is 1. The van der Waals surface area contributed by atoms with Gasteiger partial charge in [-0.15, -0.1) is 0 Å². The van der Waals surface area contributed by atoms with Crippen LogP contribution < -0.4 is 10.1 Å². The molecule has 25 heavy (non-hydrogen) atoms. The molecule has 0 aliphatic rings. The first-order valence-electron chi connectivity index (χ1n) is 7.37. The molecule has 0 saturated carbocycles. The lowest BCUT2D eigenvalue weighted by atomic mass is 10.1. The lowest BCUT2D eigenvalue weighted by Crippen LogP contribution is -2.14. The van der Waals surface area contributed by atoms with Gasteiger partial charge in [-0.2, -0.15) is 0 Å². The minimum atomic E-state index is -3.54. The van der Waals surface area contributed by atoms with Crippen molar-refractivity contribution in [3.63, 3.8) is 0 Å². The molecule has 0 bridgehead atoms. The number of hydrogen-bond acceptors (Lipinski definition) is 5. The summed E-state index contributed by atoms with van der Waals surface area (Å²) in [6.45, 7) is 1.24. The van der Waals surface area contributed by atoms with Gasteiger partial charge in [0.1, 0.15) is 5.75 Å². The topological polar surface area (TPSA) is 92.7 Å². The molecule has 2 aromatic rings. The van der Waals surface area contributed by atoms with E-state index in [9.17, 15) is 13.2 Å². The molecular formula is C17H18ClNO5S. The van der Waals surface area contributed by atoms with Crippen LogP contribution in [0, 0.1) is 6.92 Å². The highest BCUT2D eigenvalue weighted by molar-refractivity contribution is 7.91. The summed E-state index contributed by atoms with van der Waals surface area (Å²) in [6, 6.07) is 9.03. The van der Waals surface area contributed by atoms with Crippen molar-refractivity contribution in [2.75, 3.05) is 24.8 Å². The second-order valence-electron chi connectivity index (χ2n) is 5.32. The van der Waals surface area contributed by atoms with Crippen LogP contribution in [0.3, 0.4) is 0 Å². The number of carbonyl (C=O) groups is 1. The van der Waals surface area contributed by atoms with Crippen molar-refractivity contribution < 1.29 is 23.1 Å². The fraction of sp³-hybridized carbons (Fsp3) is 0.235. The van der Waals surface area contributed by atoms with Crippen LogP contribution in [0.2, 0.25) is 5.02 Å². The van der Waals surface area contributed by atoms with Crippen molar-refractivity contribution in [2.24, 2.45) is 0 Å². The molecule has 0 heterocycles. The zero-order valence-corrected chi connectivity index (χ0v) is 15.3. The van der Waals surface area contributed by atoms with Gasteiger partial charge in [-0.05, 0) is 48.9 Å². The molecule has 8 heteroatoms. The number of aryl methyl sites for hydroxylation is 1. The maximum atomic E-state index is 12.4. The quantitative estimate of drug-likeness (QED) is 0.800. The Morgan fingerprint density at radius 2 is 1.96 bits per heavy atom. The number of anilines is 1. The molecule has 0 aromatic heterocycles. The molecule has 0 spiro atoms. The van der Waals surface area contributed by atoms with Gasteiger partial charge in [0.2, 0.25) is 0 Å². The fourth-order valence-electron chi connectivity index (χ4n) is 2.20. The van der Waals surface area contributed by atoms with Crippen molar-refractivity contribution in [3.05, 3.63) is 52.5 Å². The predicted octanol–water partition coefficient (Wildman–Crippen LogP) is 2.68. The summed E-state index contributed by atoms with van der Waals surface area (Å²) in [5, 5.41) is 12.0. The van der Waals surface area contributed by atoms with E-state index in [1.807, 2.05) is 0 Å². The predicted molar refractivity (Wildman–Crippen MR) is 96.3 cm³/mol. The van der Waals surface area contributed by atoms with Crippen molar-refractivity contribution in [1.82, 2.24) is 0 Å². The summed E-state index contributed by atoms with van der Waals surface area (Å²) >= 11 is 5.94. The van der Waals surface area contributed by atoms with Crippen LogP contribution in [0.4, 0.5) is 5.69 Å². The van der Waals surface area contributed by atoms with Crippen LogP contribution in [0.1, 0.15) is 15.9 Å². The molecule has 0 atom stereocenters. The highest BCUT2D eigenvalue weighted by Gasteiger charge is 2.16. The maximum Gasteiger partial charge on any atom is 0.255 e. The van der Waals surface area contributed by atoms with Gasteiger partial charge in [-0.3, -0.25) is 4.79 Å². The summed E-state index contributed by atoms with van der Waals surface area (Å²) in [7, 11) is -2.08. The number of aliphatic hydroxyl groups is 1. The molecule has 2 aromatic carbocycles. The highest BCUT2D eigenvalue weighted by Crippen LogP contribution is 2.26. The second-order valence-corrected chi connectivity index (χ2v) is 7.84. The molecule has 134 valence electrons. The van der Waals surface area contributed by atoms with Crippen LogP contribution in [-0.2, 0) is 9.84 Å². The van der Waals surface area contributed by atoms with Gasteiger partial charge in [-0.1, -0.05) is 11.6 Å². The smallest absolute Gasteiger partial charge is 0.255 e. The summed E-state index contributed by atoms with van der Waals surface area (Å²) in [5.74, 6) is -0.330. The number of sulfone groups is 1. The van der Waals surface area contributed by atoms with Gasteiger partial charge < -0.3 is 15.2 Å². The van der Waals surface area contributed by atoms with Crippen molar-refractivity contribution in [2.45, 2.75) is 11.8 Å². The van der Waals surface area contributed by atoms with Crippen LogP contribution in [-0.4, -0.2) is 38.9 Å². The normalized spacial score (nSPS) is 11.2. The summed E-state index contributed by atoms with van der Waals surface area (Å²) in [6.07, 6.45) is 0. The molecule has 6 nitrogen and oxygen atoms in total. The Kier molecular flexibility index (Phi) is 6.05. The molecule has 0 fully saturated rings. The first kappa shape index (κ1) is 19.2. The first-order chi connectivity index (χ1) is 11.8. The molecule has 0 radical (unpaired) electrons. The Hall–Kier alpha value is -2.09. The van der Waals surface area contributed by atoms with E-state index in [0.717, 1.165) is 0 Å². The highest BCUT2D eigenvalue weighted by atomic mass is 35.5. The number of hydrogen-bond donors (Lipinski definition) is 2. The van der Waals surface area contributed by atoms with E-state index in [2.05, 4.69) is 5.32 Å². The molecule has 0 aliphatic heterocycles. The molecule has 2 rings (SSSR count). The number of amides is 1. The van der Waals surface area contributed by atoms with E-state index >= 15 is 0 Å². The zero-order chi connectivity index (χ0) is 18.6. The van der Waals surface area contributed by atoms with Crippen molar-refractivity contribution in [3.8, 4) is 5.75 Å². The molecule has 1 amide bonds. The summed E-state index contributed by atoms with van der Waals surface area (Å²) < 4.78 is 29.0. The van der Waals surface area contributed by atoms with Gasteiger partial charge in [0, 0.05) is 11.3 Å². The molecule has 0 unspecified atom stereocenters. The number of aliphatic hydroxyl groups excluding tert-OH is 1. The number of nitrogens with one attached hydrogen (secondary N) is 1. The van der Waals surface area contributed by atoms with Crippen molar-refractivity contribution >= 4 is 33.0 Å². The lowest BCUT2D eigenvalue weighted by molar-refractivity contribution is 0.102. The minimum absolute atomic E-state index is 0.102. The molecular weight excluding hydrogens is 366 g/mol. The SMILES string of the molecule is COc1cc(C(=O)Nc2ccc(S(=O)(=O)CCO)cc2C)ccc1Cl. The van der Waals surface area contributed by atoms with E-state index < -0.39 is 16.4 Å². The minimum Gasteiger partial charge on any atom is -0.495 e. The average molecular weight is 384 g/mol. The number of carbonyl (C=O) groups excluding carboxylic acids is 1. The Labute approximate surface area is 151 Å². The van der Waals surface area contributed by atoms with Crippen molar-refractivity contribution in [1.29, 1.82) is 0 Å². The van der Waals surface area contributed by atoms with Gasteiger partial charge in [0.25, 0.3) is 5.91 Å². The van der Waals surface area contributed by atoms with Gasteiger partial charge in [0.15, 0.2) is 9.84 Å². The van der Waals surface area contributed by atoms with Crippen LogP contribution in [0.15, 0.2) is 41.3 Å². The average Bonchev–Trinajstić information content (AvgIpc) is 2.56. The maximum absolute atomic E-state index is 12.4.